The van der Waals surface area contributed by atoms with E-state index >= 15 is 0 Å². The summed E-state index contributed by atoms with van der Waals surface area (Å²) in [5.74, 6) is -60.3. The summed E-state index contributed by atoms with van der Waals surface area (Å²) in [4.78, 5) is 11.0. The molecular formula is C12H8ClF16NO2. The van der Waals surface area contributed by atoms with Crippen LogP contribution in [0.4, 0.5) is 70.2 Å². The number of carbonyl (C=O) groups excluding carboxylic acids is 1. The highest BCUT2D eigenvalue weighted by atomic mass is 35.5. The van der Waals surface area contributed by atoms with Crippen molar-refractivity contribution in [1.29, 1.82) is 0 Å². The van der Waals surface area contributed by atoms with Gasteiger partial charge in [0.05, 0.1) is 6.61 Å². The van der Waals surface area contributed by atoms with Crippen molar-refractivity contribution in [2.45, 2.75) is 46.8 Å². The van der Waals surface area contributed by atoms with Gasteiger partial charge in [-0.1, -0.05) is 0 Å². The molecule has 0 spiro atoms. The Morgan fingerprint density at radius 3 is 1.28 bits per heavy atom. The van der Waals surface area contributed by atoms with Crippen LogP contribution in [0.25, 0.3) is 0 Å². The average Bonchev–Trinajstić information content (AvgIpc) is 2.59. The van der Waals surface area contributed by atoms with Gasteiger partial charge in [-0.3, -0.25) is 4.79 Å². The van der Waals surface area contributed by atoms with Gasteiger partial charge >= 0.3 is 46.8 Å². The third kappa shape index (κ3) is 4.13. The lowest BCUT2D eigenvalue weighted by Crippen LogP contribution is -2.75. The van der Waals surface area contributed by atoms with Crippen molar-refractivity contribution < 1.29 is 79.8 Å². The van der Waals surface area contributed by atoms with Crippen LogP contribution in [0, 0.1) is 0 Å². The number of ether oxygens (including phenoxy) is 1. The van der Waals surface area contributed by atoms with E-state index < -0.39 is 65.9 Å². The number of rotatable bonds is 11. The highest BCUT2D eigenvalue weighted by molar-refractivity contribution is 6.22. The van der Waals surface area contributed by atoms with Gasteiger partial charge in [0.2, 0.25) is 0 Å². The summed E-state index contributed by atoms with van der Waals surface area (Å²) in [6, 6.07) is 0. The fraction of sp³-hybridized carbons (Fsp3) is 0.917. The van der Waals surface area contributed by atoms with Crippen molar-refractivity contribution in [1.82, 2.24) is 5.32 Å². The van der Waals surface area contributed by atoms with E-state index in [9.17, 15) is 75.0 Å². The van der Waals surface area contributed by atoms with E-state index in [1.807, 2.05) is 0 Å². The number of alkyl halides is 17. The molecule has 0 bridgehead atoms. The van der Waals surface area contributed by atoms with Crippen molar-refractivity contribution >= 4 is 17.5 Å². The molecule has 3 nitrogen and oxygen atoms in total. The summed E-state index contributed by atoms with van der Waals surface area (Å²) in [5.41, 5.74) is 0. The van der Waals surface area contributed by atoms with Crippen molar-refractivity contribution in [2.24, 2.45) is 0 Å². The predicted octanol–water partition coefficient (Wildman–Crippen LogP) is 5.03. The highest BCUT2D eigenvalue weighted by Gasteiger charge is 2.95. The van der Waals surface area contributed by atoms with Crippen LogP contribution in [-0.2, 0) is 9.53 Å². The smallest absolute Gasteiger partial charge is 0.383 e. The van der Waals surface area contributed by atoms with E-state index in [0.29, 0.717) is 0 Å². The summed E-state index contributed by atoms with van der Waals surface area (Å²) in [6.45, 7) is -1.94. The monoisotopic (exact) mass is 537 g/mol. The number of halogens is 17. The average molecular weight is 538 g/mol. The molecule has 0 fully saturated rings. The van der Waals surface area contributed by atoms with E-state index in [2.05, 4.69) is 16.3 Å². The molecule has 0 aliphatic rings. The lowest BCUT2D eigenvalue weighted by Gasteiger charge is -2.42. The number of hydrogen-bond acceptors (Lipinski definition) is 2. The van der Waals surface area contributed by atoms with Gasteiger partial charge in [-0.15, -0.1) is 0 Å². The molecule has 0 rings (SSSR count). The third-order valence-corrected chi connectivity index (χ3v) is 3.84. The molecule has 0 heterocycles. The van der Waals surface area contributed by atoms with Gasteiger partial charge in [0, 0.05) is 13.7 Å². The zero-order valence-corrected chi connectivity index (χ0v) is 15.4. The zero-order valence-electron chi connectivity index (χ0n) is 14.7. The minimum atomic E-state index is -8.60. The molecule has 0 aliphatic heterocycles. The fourth-order valence-electron chi connectivity index (χ4n) is 1.68. The molecule has 0 atom stereocenters. The van der Waals surface area contributed by atoms with Crippen LogP contribution in [0.5, 0.6) is 0 Å². The number of nitrogens with one attached hydrogen (secondary N) is 1. The van der Waals surface area contributed by atoms with Crippen LogP contribution in [0.2, 0.25) is 0 Å². The van der Waals surface area contributed by atoms with Crippen molar-refractivity contribution in [3.63, 3.8) is 0 Å². The number of carbonyl (C=O) groups is 1. The van der Waals surface area contributed by atoms with E-state index in [1.165, 1.54) is 0 Å². The van der Waals surface area contributed by atoms with Crippen LogP contribution in [0.3, 0.4) is 0 Å². The van der Waals surface area contributed by atoms with E-state index in [1.54, 1.807) is 0 Å². The normalized spacial score (nSPS) is 15.7. The minimum absolute atomic E-state index is 0.722. The second kappa shape index (κ2) is 8.43. The van der Waals surface area contributed by atoms with Gasteiger partial charge in [0.1, 0.15) is 0 Å². The van der Waals surface area contributed by atoms with Gasteiger partial charge in [-0.05, 0) is 11.6 Å². The standard InChI is InChI=1S/C12H8ClF16NO2/c1-32-3-2-30-4(31)5(14,15)6(16,17)7(18,19)8(20,21)9(22,23)10(24,25)11(26,27)12(13,28)29/h2-3H2,1H3,(H,30,31). The molecular weight excluding hydrogens is 530 g/mol. The molecule has 0 aliphatic carbocycles. The first-order chi connectivity index (χ1) is 13.7. The third-order valence-electron chi connectivity index (χ3n) is 3.60. The van der Waals surface area contributed by atoms with E-state index in [0.717, 1.165) is 12.4 Å². The second-order valence-electron chi connectivity index (χ2n) is 5.77. The van der Waals surface area contributed by atoms with Crippen LogP contribution in [0.15, 0.2) is 0 Å². The predicted molar refractivity (Wildman–Crippen MR) is 70.3 cm³/mol. The lowest BCUT2D eigenvalue weighted by molar-refractivity contribution is -0.446. The maximum atomic E-state index is 13.5. The van der Waals surface area contributed by atoms with Gasteiger partial charge in [-0.2, -0.15) is 70.2 Å². The zero-order chi connectivity index (χ0) is 26.4. The molecule has 1 amide bonds. The van der Waals surface area contributed by atoms with Crippen molar-refractivity contribution in [3.8, 4) is 0 Å². The fourth-order valence-corrected chi connectivity index (χ4v) is 1.80. The van der Waals surface area contributed by atoms with Gasteiger partial charge < -0.3 is 10.1 Å². The van der Waals surface area contributed by atoms with Crippen LogP contribution in [-0.4, -0.2) is 73.0 Å². The summed E-state index contributed by atoms with van der Waals surface area (Å²) < 4.78 is 215. The largest absolute Gasteiger partial charge is 0.393 e. The molecule has 0 radical (unpaired) electrons. The molecule has 1 N–H and O–H groups in total. The molecule has 0 aromatic heterocycles. The first-order valence-electron chi connectivity index (χ1n) is 7.22. The van der Waals surface area contributed by atoms with Crippen LogP contribution in [0.1, 0.15) is 0 Å². The first kappa shape index (κ1) is 30.6. The molecule has 20 heteroatoms. The Bertz CT molecular complexity index is 689. The Labute approximate surface area is 171 Å². The number of hydrogen-bond donors (Lipinski definition) is 1. The maximum Gasteiger partial charge on any atom is 0.393 e. The van der Waals surface area contributed by atoms with E-state index in [-0.39, 0.29) is 0 Å². The van der Waals surface area contributed by atoms with Gasteiger partial charge in [0.15, 0.2) is 0 Å². The Morgan fingerprint density at radius 2 is 0.969 bits per heavy atom. The molecule has 32 heavy (non-hydrogen) atoms. The van der Waals surface area contributed by atoms with Gasteiger partial charge in [0.25, 0.3) is 5.91 Å². The summed E-state index contributed by atoms with van der Waals surface area (Å²) in [5, 5.41) is -6.13. The van der Waals surface area contributed by atoms with Crippen molar-refractivity contribution in [2.75, 3.05) is 20.3 Å². The van der Waals surface area contributed by atoms with Crippen LogP contribution < -0.4 is 5.32 Å². The number of amides is 1. The SMILES string of the molecule is COCCNC(=O)C(F)(F)C(F)(F)C(F)(F)C(F)(F)C(F)(F)C(F)(F)C(F)(F)C(F)(F)Cl. The Balaban J connectivity index is 6.56. The minimum Gasteiger partial charge on any atom is -0.383 e. The summed E-state index contributed by atoms with van der Waals surface area (Å²) in [6.07, 6.45) is 0. The lowest BCUT2D eigenvalue weighted by atomic mass is 9.89. The highest BCUT2D eigenvalue weighted by Crippen LogP contribution is 2.64. The summed E-state index contributed by atoms with van der Waals surface area (Å²) in [7, 11) is 0.829. The molecule has 0 saturated carbocycles. The maximum absolute atomic E-state index is 13.5. The molecule has 0 aromatic carbocycles. The van der Waals surface area contributed by atoms with E-state index in [4.69, 9.17) is 0 Å². The molecule has 192 valence electrons. The molecule has 0 saturated heterocycles. The van der Waals surface area contributed by atoms with Crippen LogP contribution >= 0.6 is 11.6 Å². The Morgan fingerprint density at radius 1 is 0.656 bits per heavy atom. The first-order valence-corrected chi connectivity index (χ1v) is 7.60. The summed E-state index contributed by atoms with van der Waals surface area (Å²) >= 11 is 3.38. The quantitative estimate of drug-likeness (QED) is 0.228. The van der Waals surface area contributed by atoms with Gasteiger partial charge in [-0.25, -0.2) is 0 Å². The Kier molecular flexibility index (Phi) is 8.06. The number of methoxy groups -OCH3 is 1. The topological polar surface area (TPSA) is 38.3 Å². The van der Waals surface area contributed by atoms with Crippen molar-refractivity contribution in [3.05, 3.63) is 0 Å². The molecule has 0 unspecified atom stereocenters. The Hall–Kier alpha value is -1.40. The second-order valence-corrected chi connectivity index (χ2v) is 6.24. The molecule has 0 aromatic rings.